The normalized spacial score (nSPS) is 17.3. The highest BCUT2D eigenvalue weighted by atomic mass is 35.5. The summed E-state index contributed by atoms with van der Waals surface area (Å²) < 4.78 is 0. The molecule has 2 heterocycles. The van der Waals surface area contributed by atoms with Gasteiger partial charge in [-0.2, -0.15) is 0 Å². The Labute approximate surface area is 181 Å². The number of benzene rings is 1. The van der Waals surface area contributed by atoms with Crippen molar-refractivity contribution in [2.75, 3.05) is 25.5 Å². The number of fused-ring (bicyclic) bond motifs is 1. The number of piperidine rings is 1. The van der Waals surface area contributed by atoms with Crippen LogP contribution in [0.2, 0.25) is 0 Å². The minimum atomic E-state index is -0.612. The standard InChI is InChI=1S/C22H28ClN3O4/c1-22(2,14-23)21(30)24-15-9-12-25(13-10-15)18(27)8-5-11-26-19(28)16-6-3-4-7-17(16)20(26)29/h3-4,6-7,15H,5,8-14H2,1-2H3,(H,24,30). The molecule has 8 heteroatoms. The number of carbonyl (C=O) groups is 4. The van der Waals surface area contributed by atoms with Gasteiger partial charge in [0.1, 0.15) is 0 Å². The Bertz CT molecular complexity index is 812. The van der Waals surface area contributed by atoms with Crippen LogP contribution in [0.3, 0.4) is 0 Å². The number of nitrogens with zero attached hydrogens (tertiary/aromatic N) is 2. The molecule has 2 aliphatic heterocycles. The first-order chi connectivity index (χ1) is 14.2. The van der Waals surface area contributed by atoms with Crippen LogP contribution >= 0.6 is 11.6 Å². The van der Waals surface area contributed by atoms with Gasteiger partial charge in [0.15, 0.2) is 0 Å². The Kier molecular flexibility index (Phi) is 6.81. The van der Waals surface area contributed by atoms with Gasteiger partial charge < -0.3 is 10.2 Å². The number of alkyl halides is 1. The maximum atomic E-state index is 12.5. The molecule has 162 valence electrons. The summed E-state index contributed by atoms with van der Waals surface area (Å²) in [5.74, 6) is -0.386. The number of hydrogen-bond acceptors (Lipinski definition) is 4. The van der Waals surface area contributed by atoms with Crippen molar-refractivity contribution in [2.45, 2.75) is 45.6 Å². The highest BCUT2D eigenvalue weighted by molar-refractivity contribution is 6.21. The van der Waals surface area contributed by atoms with Crippen molar-refractivity contribution in [3.63, 3.8) is 0 Å². The first-order valence-electron chi connectivity index (χ1n) is 10.3. The molecule has 0 atom stereocenters. The molecule has 1 fully saturated rings. The van der Waals surface area contributed by atoms with E-state index in [1.54, 1.807) is 29.2 Å². The van der Waals surface area contributed by atoms with Gasteiger partial charge in [-0.25, -0.2) is 0 Å². The number of rotatable bonds is 7. The van der Waals surface area contributed by atoms with E-state index in [1.807, 2.05) is 13.8 Å². The van der Waals surface area contributed by atoms with E-state index < -0.39 is 5.41 Å². The monoisotopic (exact) mass is 433 g/mol. The van der Waals surface area contributed by atoms with Crippen molar-refractivity contribution in [3.8, 4) is 0 Å². The van der Waals surface area contributed by atoms with Crippen LogP contribution in [0.25, 0.3) is 0 Å². The van der Waals surface area contributed by atoms with Gasteiger partial charge in [-0.3, -0.25) is 24.1 Å². The van der Waals surface area contributed by atoms with Gasteiger partial charge in [0.2, 0.25) is 11.8 Å². The molecule has 0 aromatic heterocycles. The first-order valence-corrected chi connectivity index (χ1v) is 10.9. The summed E-state index contributed by atoms with van der Waals surface area (Å²) in [6.45, 7) is 5.01. The van der Waals surface area contributed by atoms with Gasteiger partial charge >= 0.3 is 0 Å². The minimum Gasteiger partial charge on any atom is -0.353 e. The molecule has 0 unspecified atom stereocenters. The molecule has 7 nitrogen and oxygen atoms in total. The average molecular weight is 434 g/mol. The number of amides is 4. The zero-order valence-electron chi connectivity index (χ0n) is 17.4. The fourth-order valence-electron chi connectivity index (χ4n) is 3.70. The van der Waals surface area contributed by atoms with Crippen LogP contribution in [0, 0.1) is 5.41 Å². The van der Waals surface area contributed by atoms with Crippen molar-refractivity contribution in [1.29, 1.82) is 0 Å². The minimum absolute atomic E-state index is 0.0115. The van der Waals surface area contributed by atoms with Gasteiger partial charge in [0, 0.05) is 38.0 Å². The molecule has 30 heavy (non-hydrogen) atoms. The van der Waals surface area contributed by atoms with Crippen molar-refractivity contribution in [1.82, 2.24) is 15.1 Å². The molecule has 1 aromatic rings. The summed E-state index contributed by atoms with van der Waals surface area (Å²) in [6, 6.07) is 6.82. The van der Waals surface area contributed by atoms with Crippen LogP contribution in [0.1, 0.15) is 60.2 Å². The van der Waals surface area contributed by atoms with Crippen LogP contribution in [0.15, 0.2) is 24.3 Å². The van der Waals surface area contributed by atoms with Crippen LogP contribution in [-0.2, 0) is 9.59 Å². The topological polar surface area (TPSA) is 86.8 Å². The second-order valence-electron chi connectivity index (χ2n) is 8.56. The fourth-order valence-corrected chi connectivity index (χ4v) is 3.82. The number of nitrogens with one attached hydrogen (secondary N) is 1. The van der Waals surface area contributed by atoms with Gasteiger partial charge in [0.25, 0.3) is 11.8 Å². The predicted octanol–water partition coefficient (Wildman–Crippen LogP) is 2.43. The summed E-state index contributed by atoms with van der Waals surface area (Å²) in [5, 5.41) is 3.03. The molecule has 0 saturated carbocycles. The maximum absolute atomic E-state index is 12.5. The van der Waals surface area contributed by atoms with Crippen molar-refractivity contribution >= 4 is 35.2 Å². The SMILES string of the molecule is CC(C)(CCl)C(=O)NC1CCN(C(=O)CCCN2C(=O)c3ccccc3C2=O)CC1. The Morgan fingerprint density at radius 3 is 2.20 bits per heavy atom. The van der Waals surface area contributed by atoms with E-state index in [0.29, 0.717) is 43.5 Å². The molecular weight excluding hydrogens is 406 g/mol. The zero-order valence-corrected chi connectivity index (χ0v) is 18.2. The highest BCUT2D eigenvalue weighted by Gasteiger charge is 2.35. The lowest BCUT2D eigenvalue weighted by Gasteiger charge is -2.34. The van der Waals surface area contributed by atoms with Crippen LogP contribution < -0.4 is 5.32 Å². The van der Waals surface area contributed by atoms with Crippen molar-refractivity contribution in [3.05, 3.63) is 35.4 Å². The van der Waals surface area contributed by atoms with Crippen molar-refractivity contribution < 1.29 is 19.2 Å². The van der Waals surface area contributed by atoms with E-state index in [4.69, 9.17) is 11.6 Å². The summed E-state index contributed by atoms with van der Waals surface area (Å²) in [4.78, 5) is 52.5. The number of hydrogen-bond donors (Lipinski definition) is 1. The molecular formula is C22H28ClN3O4. The largest absolute Gasteiger partial charge is 0.353 e. The van der Waals surface area contributed by atoms with Gasteiger partial charge in [0.05, 0.1) is 16.5 Å². The second kappa shape index (κ2) is 9.16. The Hall–Kier alpha value is -2.41. The third kappa shape index (κ3) is 4.67. The second-order valence-corrected chi connectivity index (χ2v) is 8.82. The van der Waals surface area contributed by atoms with Crippen LogP contribution in [0.4, 0.5) is 0 Å². The quantitative estimate of drug-likeness (QED) is 0.528. The van der Waals surface area contributed by atoms with Gasteiger partial charge in [-0.15, -0.1) is 11.6 Å². The molecule has 0 aliphatic carbocycles. The fraction of sp³-hybridized carbons (Fsp3) is 0.545. The lowest BCUT2D eigenvalue weighted by molar-refractivity contribution is -0.133. The summed E-state index contributed by atoms with van der Waals surface area (Å²) in [7, 11) is 0. The molecule has 0 radical (unpaired) electrons. The van der Waals surface area contributed by atoms with Crippen LogP contribution in [0.5, 0.6) is 0 Å². The van der Waals surface area contributed by atoms with E-state index >= 15 is 0 Å². The first kappa shape index (κ1) is 22.3. The van der Waals surface area contributed by atoms with Gasteiger partial charge in [-0.05, 0) is 45.2 Å². The molecule has 0 spiro atoms. The maximum Gasteiger partial charge on any atom is 0.261 e. The highest BCUT2D eigenvalue weighted by Crippen LogP contribution is 2.23. The Morgan fingerprint density at radius 1 is 1.10 bits per heavy atom. The van der Waals surface area contributed by atoms with E-state index in [-0.39, 0.29) is 48.5 Å². The number of likely N-dealkylation sites (tertiary alicyclic amines) is 1. The number of carbonyl (C=O) groups excluding carboxylic acids is 4. The Morgan fingerprint density at radius 2 is 1.67 bits per heavy atom. The Balaban J connectivity index is 1.41. The number of halogens is 1. The van der Waals surface area contributed by atoms with E-state index in [0.717, 1.165) is 0 Å². The molecule has 4 amide bonds. The van der Waals surface area contributed by atoms with Crippen LogP contribution in [-0.4, -0.2) is 65.0 Å². The molecule has 1 aromatic carbocycles. The summed E-state index contributed by atoms with van der Waals surface area (Å²) in [5.41, 5.74) is 0.240. The molecule has 3 rings (SSSR count). The lowest BCUT2D eigenvalue weighted by atomic mass is 9.93. The summed E-state index contributed by atoms with van der Waals surface area (Å²) in [6.07, 6.45) is 2.12. The number of imide groups is 1. The smallest absolute Gasteiger partial charge is 0.261 e. The van der Waals surface area contributed by atoms with E-state index in [2.05, 4.69) is 5.32 Å². The van der Waals surface area contributed by atoms with E-state index in [1.165, 1.54) is 4.90 Å². The average Bonchev–Trinajstić information content (AvgIpc) is 2.99. The molecule has 1 saturated heterocycles. The van der Waals surface area contributed by atoms with E-state index in [9.17, 15) is 19.2 Å². The molecule has 1 N–H and O–H groups in total. The molecule has 0 bridgehead atoms. The van der Waals surface area contributed by atoms with Gasteiger partial charge in [-0.1, -0.05) is 12.1 Å². The predicted molar refractivity (Wildman–Crippen MR) is 113 cm³/mol. The van der Waals surface area contributed by atoms with Crippen molar-refractivity contribution in [2.24, 2.45) is 5.41 Å². The lowest BCUT2D eigenvalue weighted by Crippen LogP contribution is -2.49. The third-order valence-corrected chi connectivity index (χ3v) is 6.45. The summed E-state index contributed by atoms with van der Waals surface area (Å²) >= 11 is 5.85. The zero-order chi connectivity index (χ0) is 21.9. The third-order valence-electron chi connectivity index (χ3n) is 5.78. The molecule has 2 aliphatic rings.